The van der Waals surface area contributed by atoms with Crippen molar-refractivity contribution in [2.24, 2.45) is 17.5 Å². The highest BCUT2D eigenvalue weighted by atomic mass is 32.1. The van der Waals surface area contributed by atoms with E-state index in [9.17, 15) is 4.79 Å². The van der Waals surface area contributed by atoms with E-state index >= 15 is 0 Å². The van der Waals surface area contributed by atoms with E-state index in [1.165, 1.54) is 11.3 Å². The number of carbonyl (C=O) groups excluding carboxylic acids is 1. The lowest BCUT2D eigenvalue weighted by molar-refractivity contribution is -0.119. The molecule has 5 N–H and O–H groups in total. The van der Waals surface area contributed by atoms with Gasteiger partial charge in [0.25, 0.3) is 0 Å². The third-order valence-corrected chi connectivity index (χ3v) is 3.68. The van der Waals surface area contributed by atoms with Crippen LogP contribution in [0.3, 0.4) is 0 Å². The van der Waals surface area contributed by atoms with Crippen molar-refractivity contribution >= 4 is 33.3 Å². The van der Waals surface area contributed by atoms with Gasteiger partial charge < -0.3 is 11.2 Å². The van der Waals surface area contributed by atoms with Crippen molar-refractivity contribution in [3.8, 4) is 0 Å². The highest BCUT2D eigenvalue weighted by Crippen LogP contribution is 2.24. The number of rotatable bonds is 7. The Morgan fingerprint density at radius 1 is 1.48 bits per heavy atom. The molecule has 0 aliphatic heterocycles. The summed E-state index contributed by atoms with van der Waals surface area (Å²) in [4.78, 5) is 22.9. The number of fused-ring (bicyclic) bond motifs is 1. The van der Waals surface area contributed by atoms with Crippen molar-refractivity contribution in [1.82, 2.24) is 14.9 Å². The molecule has 0 aliphatic rings. The number of hydrogen-bond acceptors (Lipinski definition) is 7. The average Bonchev–Trinajstić information content (AvgIpc) is 2.84. The molecule has 0 radical (unpaired) electrons. The second-order valence-corrected chi connectivity index (χ2v) is 6.20. The first kappa shape index (κ1) is 15.6. The molecule has 0 bridgehead atoms. The number of nitrogen functional groups attached to an aromatic ring is 1. The standard InChI is InChI=1S/C13H20N6OS/c1-8(2)5-19(6-10(14)20)7-11-16-12(18-15)9-3-4-21-13(9)17-11/h3-4,8H,5-7,15H2,1-2H3,(H2,14,20)(H,16,17,18). The van der Waals surface area contributed by atoms with Gasteiger partial charge in [-0.1, -0.05) is 13.8 Å². The van der Waals surface area contributed by atoms with Crippen molar-refractivity contribution in [3.63, 3.8) is 0 Å². The predicted molar refractivity (Wildman–Crippen MR) is 84.5 cm³/mol. The molecule has 0 aromatic carbocycles. The van der Waals surface area contributed by atoms with Crippen LogP contribution in [-0.4, -0.2) is 33.9 Å². The zero-order chi connectivity index (χ0) is 15.4. The van der Waals surface area contributed by atoms with Gasteiger partial charge >= 0.3 is 0 Å². The summed E-state index contributed by atoms with van der Waals surface area (Å²) in [5.74, 6) is 6.80. The van der Waals surface area contributed by atoms with Gasteiger partial charge in [-0.05, 0) is 17.4 Å². The Hall–Kier alpha value is -1.77. The van der Waals surface area contributed by atoms with Crippen molar-refractivity contribution in [2.45, 2.75) is 20.4 Å². The predicted octanol–water partition coefficient (Wildman–Crippen LogP) is 0.920. The number of primary amides is 1. The van der Waals surface area contributed by atoms with E-state index in [4.69, 9.17) is 11.6 Å². The number of hydrogen-bond donors (Lipinski definition) is 3. The van der Waals surface area contributed by atoms with E-state index in [0.29, 0.717) is 24.1 Å². The molecule has 1 amide bonds. The number of nitrogens with one attached hydrogen (secondary N) is 1. The quantitative estimate of drug-likeness (QED) is 0.518. The summed E-state index contributed by atoms with van der Waals surface area (Å²) in [5, 5.41) is 2.84. The highest BCUT2D eigenvalue weighted by Gasteiger charge is 2.15. The van der Waals surface area contributed by atoms with Crippen LogP contribution in [0.1, 0.15) is 19.7 Å². The molecule has 0 atom stereocenters. The van der Waals surface area contributed by atoms with E-state index in [2.05, 4.69) is 29.2 Å². The van der Waals surface area contributed by atoms with Gasteiger partial charge in [0.2, 0.25) is 5.91 Å². The molecule has 0 fully saturated rings. The summed E-state index contributed by atoms with van der Waals surface area (Å²) in [6, 6.07) is 1.92. The first-order chi connectivity index (χ1) is 9.99. The van der Waals surface area contributed by atoms with Crippen LogP contribution in [0.5, 0.6) is 0 Å². The van der Waals surface area contributed by atoms with E-state index in [-0.39, 0.29) is 12.5 Å². The van der Waals surface area contributed by atoms with Crippen LogP contribution in [-0.2, 0) is 11.3 Å². The average molecular weight is 308 g/mol. The molecule has 2 aromatic heterocycles. The molecule has 2 rings (SSSR count). The molecule has 8 heteroatoms. The SMILES string of the molecule is CC(C)CN(CC(N)=O)Cc1nc(NN)c2ccsc2n1. The van der Waals surface area contributed by atoms with E-state index in [1.54, 1.807) is 0 Å². The minimum atomic E-state index is -0.356. The molecule has 0 saturated heterocycles. The first-order valence-electron chi connectivity index (χ1n) is 6.71. The monoisotopic (exact) mass is 308 g/mol. The number of carbonyl (C=O) groups is 1. The Morgan fingerprint density at radius 3 is 2.86 bits per heavy atom. The van der Waals surface area contributed by atoms with Crippen LogP contribution in [0.4, 0.5) is 5.82 Å². The highest BCUT2D eigenvalue weighted by molar-refractivity contribution is 7.16. The number of amides is 1. The minimum absolute atomic E-state index is 0.190. The van der Waals surface area contributed by atoms with Crippen LogP contribution in [0.15, 0.2) is 11.4 Å². The molecular formula is C13H20N6OS. The van der Waals surface area contributed by atoms with Gasteiger partial charge in [0.05, 0.1) is 18.5 Å². The van der Waals surface area contributed by atoms with Crippen LogP contribution < -0.4 is 17.0 Å². The molecule has 0 saturated carbocycles. The van der Waals surface area contributed by atoms with Gasteiger partial charge in [-0.2, -0.15) is 0 Å². The molecule has 2 aromatic rings. The second-order valence-electron chi connectivity index (χ2n) is 5.30. The summed E-state index contributed by atoms with van der Waals surface area (Å²) in [6.07, 6.45) is 0. The van der Waals surface area contributed by atoms with Gasteiger partial charge in [0, 0.05) is 6.54 Å². The zero-order valence-corrected chi connectivity index (χ0v) is 13.0. The number of hydrazine groups is 1. The van der Waals surface area contributed by atoms with Gasteiger partial charge in [0.15, 0.2) is 5.82 Å². The third-order valence-electron chi connectivity index (χ3n) is 2.88. The smallest absolute Gasteiger partial charge is 0.231 e. The number of thiophene rings is 1. The molecule has 114 valence electrons. The number of nitrogens with zero attached hydrogens (tertiary/aromatic N) is 3. The third kappa shape index (κ3) is 4.10. The topological polar surface area (TPSA) is 110 Å². The molecule has 0 spiro atoms. The van der Waals surface area contributed by atoms with E-state index < -0.39 is 0 Å². The largest absolute Gasteiger partial charge is 0.369 e. The zero-order valence-electron chi connectivity index (χ0n) is 12.2. The summed E-state index contributed by atoms with van der Waals surface area (Å²) in [7, 11) is 0. The first-order valence-corrected chi connectivity index (χ1v) is 7.59. The Balaban J connectivity index is 2.24. The lowest BCUT2D eigenvalue weighted by atomic mass is 10.2. The van der Waals surface area contributed by atoms with Gasteiger partial charge in [-0.15, -0.1) is 11.3 Å². The molecule has 21 heavy (non-hydrogen) atoms. The minimum Gasteiger partial charge on any atom is -0.369 e. The van der Waals surface area contributed by atoms with E-state index in [1.807, 2.05) is 16.3 Å². The van der Waals surface area contributed by atoms with Gasteiger partial charge in [-0.3, -0.25) is 9.69 Å². The second kappa shape index (κ2) is 6.79. The van der Waals surface area contributed by atoms with Crippen LogP contribution in [0.2, 0.25) is 0 Å². The molecule has 0 aliphatic carbocycles. The fourth-order valence-electron chi connectivity index (χ4n) is 2.20. The lowest BCUT2D eigenvalue weighted by Gasteiger charge is -2.22. The number of nitrogens with two attached hydrogens (primary N) is 2. The molecule has 7 nitrogen and oxygen atoms in total. The molecule has 2 heterocycles. The van der Waals surface area contributed by atoms with E-state index in [0.717, 1.165) is 16.8 Å². The van der Waals surface area contributed by atoms with Crippen molar-refractivity contribution in [1.29, 1.82) is 0 Å². The maximum atomic E-state index is 11.2. The summed E-state index contributed by atoms with van der Waals surface area (Å²) in [5.41, 5.74) is 7.90. The van der Waals surface area contributed by atoms with Crippen LogP contribution in [0.25, 0.3) is 10.2 Å². The fourth-order valence-corrected chi connectivity index (χ4v) is 2.98. The van der Waals surface area contributed by atoms with Crippen molar-refractivity contribution in [3.05, 3.63) is 17.3 Å². The molecule has 0 unspecified atom stereocenters. The van der Waals surface area contributed by atoms with Gasteiger partial charge in [0.1, 0.15) is 10.7 Å². The number of anilines is 1. The Labute approximate surface area is 127 Å². The van der Waals surface area contributed by atoms with Crippen molar-refractivity contribution < 1.29 is 4.79 Å². The van der Waals surface area contributed by atoms with Crippen LogP contribution >= 0.6 is 11.3 Å². The Kier molecular flexibility index (Phi) is 5.05. The van der Waals surface area contributed by atoms with Gasteiger partial charge in [-0.25, -0.2) is 15.8 Å². The Bertz CT molecular complexity index is 626. The summed E-state index contributed by atoms with van der Waals surface area (Å²) >= 11 is 1.53. The molecular weight excluding hydrogens is 288 g/mol. The Morgan fingerprint density at radius 2 is 2.24 bits per heavy atom. The summed E-state index contributed by atoms with van der Waals surface area (Å²) in [6.45, 7) is 5.58. The van der Waals surface area contributed by atoms with Crippen molar-refractivity contribution in [2.75, 3.05) is 18.5 Å². The van der Waals surface area contributed by atoms with Crippen LogP contribution in [0, 0.1) is 5.92 Å². The lowest BCUT2D eigenvalue weighted by Crippen LogP contribution is -2.36. The maximum absolute atomic E-state index is 11.2. The maximum Gasteiger partial charge on any atom is 0.231 e. The fraction of sp³-hybridized carbons (Fsp3) is 0.462. The normalized spacial score (nSPS) is 11.5. The number of aromatic nitrogens is 2. The summed E-state index contributed by atoms with van der Waals surface area (Å²) < 4.78 is 0.